The molecule has 0 amide bonds. The minimum Gasteiger partial charge on any atom is -0.351 e. The van der Waals surface area contributed by atoms with Crippen LogP contribution in [0, 0.1) is 5.92 Å². The first kappa shape index (κ1) is 11.8. The average molecular weight is 258 g/mol. The van der Waals surface area contributed by atoms with Crippen LogP contribution in [0.2, 0.25) is 0 Å². The van der Waals surface area contributed by atoms with Crippen LogP contribution in [0.4, 0.5) is 0 Å². The third-order valence-electron chi connectivity index (χ3n) is 4.04. The summed E-state index contributed by atoms with van der Waals surface area (Å²) in [5, 5.41) is 3.47. The maximum absolute atomic E-state index is 5.46. The lowest BCUT2D eigenvalue weighted by molar-refractivity contribution is 0.237. The van der Waals surface area contributed by atoms with Crippen LogP contribution in [0.3, 0.4) is 0 Å². The van der Waals surface area contributed by atoms with Gasteiger partial charge in [-0.1, -0.05) is 49.5 Å². The van der Waals surface area contributed by atoms with Crippen molar-refractivity contribution in [3.8, 4) is 0 Å². The van der Waals surface area contributed by atoms with Gasteiger partial charge < -0.3 is 5.32 Å². The van der Waals surface area contributed by atoms with Gasteiger partial charge >= 0.3 is 0 Å². The monoisotopic (exact) mass is 258 g/mol. The summed E-state index contributed by atoms with van der Waals surface area (Å²) in [5.74, 6) is 0.821. The van der Waals surface area contributed by atoms with Crippen LogP contribution in [-0.4, -0.2) is 16.4 Å². The molecule has 0 atom stereocenters. The molecule has 94 valence electrons. The summed E-state index contributed by atoms with van der Waals surface area (Å²) in [5.41, 5.74) is 2.00. The average Bonchev–Trinajstić information content (AvgIpc) is 2.72. The summed E-state index contributed by atoms with van der Waals surface area (Å²) in [6.07, 6.45) is 4.68. The van der Waals surface area contributed by atoms with Gasteiger partial charge in [0.2, 0.25) is 0 Å². The molecule has 1 aliphatic heterocycles. The Bertz CT molecular complexity index is 484. The summed E-state index contributed by atoms with van der Waals surface area (Å²) < 4.78 is 0. The van der Waals surface area contributed by atoms with Gasteiger partial charge in [-0.05, 0) is 31.6 Å². The van der Waals surface area contributed by atoms with Crippen molar-refractivity contribution >= 4 is 22.9 Å². The Morgan fingerprint density at radius 2 is 1.89 bits per heavy atom. The highest BCUT2D eigenvalue weighted by molar-refractivity contribution is 7.82. The molecule has 2 aliphatic rings. The van der Waals surface area contributed by atoms with E-state index in [9.17, 15) is 0 Å². The van der Waals surface area contributed by atoms with E-state index >= 15 is 0 Å². The van der Waals surface area contributed by atoms with E-state index in [2.05, 4.69) is 24.4 Å². The van der Waals surface area contributed by atoms with E-state index in [0.29, 0.717) is 0 Å². The zero-order valence-electron chi connectivity index (χ0n) is 10.6. The SMILES string of the molecule is CC1CCC2(CC1)N=C(c1ccccc1)C(=S)N2. The molecule has 1 aliphatic carbocycles. The van der Waals surface area contributed by atoms with Crippen molar-refractivity contribution in [2.24, 2.45) is 10.9 Å². The highest BCUT2D eigenvalue weighted by atomic mass is 32.1. The smallest absolute Gasteiger partial charge is 0.131 e. The van der Waals surface area contributed by atoms with Crippen molar-refractivity contribution in [1.82, 2.24) is 5.32 Å². The lowest BCUT2D eigenvalue weighted by Crippen LogP contribution is -2.44. The van der Waals surface area contributed by atoms with Gasteiger partial charge in [0.25, 0.3) is 0 Å². The Morgan fingerprint density at radius 1 is 1.22 bits per heavy atom. The Balaban J connectivity index is 1.90. The molecule has 0 bridgehead atoms. The van der Waals surface area contributed by atoms with Crippen LogP contribution in [-0.2, 0) is 0 Å². The number of hydrogen-bond acceptors (Lipinski definition) is 2. The molecule has 1 aromatic rings. The minimum absolute atomic E-state index is 0.102. The van der Waals surface area contributed by atoms with Crippen molar-refractivity contribution in [1.29, 1.82) is 0 Å². The first-order valence-electron chi connectivity index (χ1n) is 6.66. The largest absolute Gasteiger partial charge is 0.351 e. The third kappa shape index (κ3) is 2.07. The third-order valence-corrected chi connectivity index (χ3v) is 4.33. The molecule has 3 rings (SSSR count). The second-order valence-corrected chi connectivity index (χ2v) is 5.90. The molecule has 1 aromatic carbocycles. The van der Waals surface area contributed by atoms with Crippen LogP contribution in [0.5, 0.6) is 0 Å². The fourth-order valence-corrected chi connectivity index (χ4v) is 3.18. The second-order valence-electron chi connectivity index (χ2n) is 5.49. The topological polar surface area (TPSA) is 24.4 Å². The number of nitrogens with zero attached hydrogens (tertiary/aromatic N) is 1. The highest BCUT2D eigenvalue weighted by Gasteiger charge is 2.39. The Morgan fingerprint density at radius 3 is 2.56 bits per heavy atom. The van der Waals surface area contributed by atoms with Crippen molar-refractivity contribution in [2.45, 2.75) is 38.3 Å². The van der Waals surface area contributed by atoms with Gasteiger partial charge in [-0.25, -0.2) is 0 Å². The summed E-state index contributed by atoms with van der Waals surface area (Å²) >= 11 is 5.46. The van der Waals surface area contributed by atoms with Gasteiger partial charge in [0.1, 0.15) is 16.4 Å². The second kappa shape index (κ2) is 4.47. The summed E-state index contributed by atoms with van der Waals surface area (Å²) in [7, 11) is 0. The lowest BCUT2D eigenvalue weighted by atomic mass is 9.83. The summed E-state index contributed by atoms with van der Waals surface area (Å²) in [6.45, 7) is 2.32. The van der Waals surface area contributed by atoms with Crippen molar-refractivity contribution < 1.29 is 0 Å². The maximum atomic E-state index is 5.46. The summed E-state index contributed by atoms with van der Waals surface area (Å²) in [4.78, 5) is 5.74. The summed E-state index contributed by atoms with van der Waals surface area (Å²) in [6, 6.07) is 10.3. The standard InChI is InChI=1S/C15H18N2S/c1-11-7-9-15(10-8-11)16-13(14(18)17-15)12-5-3-2-4-6-12/h2-6,11H,7-10H2,1H3,(H,17,18). The molecular weight excluding hydrogens is 240 g/mol. The van der Waals surface area contributed by atoms with Gasteiger partial charge in [0.05, 0.1) is 0 Å². The predicted molar refractivity (Wildman–Crippen MR) is 79.1 cm³/mol. The van der Waals surface area contributed by atoms with Gasteiger partial charge in [-0.15, -0.1) is 0 Å². The van der Waals surface area contributed by atoms with Crippen LogP contribution in [0.15, 0.2) is 35.3 Å². The van der Waals surface area contributed by atoms with Crippen LogP contribution in [0.25, 0.3) is 0 Å². The molecule has 3 heteroatoms. The molecule has 1 heterocycles. The molecule has 2 nitrogen and oxygen atoms in total. The van der Waals surface area contributed by atoms with E-state index in [1.165, 1.54) is 12.8 Å². The molecule has 0 radical (unpaired) electrons. The highest BCUT2D eigenvalue weighted by Crippen LogP contribution is 2.35. The lowest BCUT2D eigenvalue weighted by Gasteiger charge is -2.33. The van der Waals surface area contributed by atoms with Gasteiger partial charge in [0.15, 0.2) is 0 Å². The number of thiocarbonyl (C=S) groups is 1. The number of aliphatic imine (C=N–C) groups is 1. The van der Waals surface area contributed by atoms with Gasteiger partial charge in [-0.2, -0.15) is 0 Å². The molecule has 1 N–H and O–H groups in total. The Hall–Kier alpha value is -1.22. The van der Waals surface area contributed by atoms with Crippen molar-refractivity contribution in [3.63, 3.8) is 0 Å². The van der Waals surface area contributed by atoms with E-state index in [-0.39, 0.29) is 5.66 Å². The molecule has 0 saturated heterocycles. The quantitative estimate of drug-likeness (QED) is 0.782. The van der Waals surface area contributed by atoms with Gasteiger partial charge in [-0.3, -0.25) is 4.99 Å². The zero-order chi connectivity index (χ0) is 12.6. The minimum atomic E-state index is -0.102. The molecular formula is C15H18N2S. The molecule has 1 saturated carbocycles. The zero-order valence-corrected chi connectivity index (χ0v) is 11.5. The molecule has 0 unspecified atom stereocenters. The molecule has 18 heavy (non-hydrogen) atoms. The fourth-order valence-electron chi connectivity index (χ4n) is 2.83. The number of benzene rings is 1. The van der Waals surface area contributed by atoms with Crippen LogP contribution < -0.4 is 5.32 Å². The molecule has 0 aromatic heterocycles. The Kier molecular flexibility index (Phi) is 2.94. The van der Waals surface area contributed by atoms with E-state index in [0.717, 1.165) is 35.0 Å². The maximum Gasteiger partial charge on any atom is 0.131 e. The Labute approximate surface area is 114 Å². The first-order valence-corrected chi connectivity index (χ1v) is 7.07. The number of rotatable bonds is 1. The predicted octanol–water partition coefficient (Wildman–Crippen LogP) is 3.31. The van der Waals surface area contributed by atoms with E-state index in [1.54, 1.807) is 0 Å². The van der Waals surface area contributed by atoms with E-state index in [4.69, 9.17) is 17.2 Å². The molecule has 1 spiro atoms. The normalized spacial score (nSPS) is 31.3. The van der Waals surface area contributed by atoms with Gasteiger partial charge in [0, 0.05) is 5.56 Å². The van der Waals surface area contributed by atoms with E-state index in [1.807, 2.05) is 18.2 Å². The van der Waals surface area contributed by atoms with Crippen LogP contribution >= 0.6 is 12.2 Å². The first-order chi connectivity index (χ1) is 8.69. The molecule has 1 fully saturated rings. The van der Waals surface area contributed by atoms with Crippen molar-refractivity contribution in [3.05, 3.63) is 35.9 Å². The number of hydrogen-bond donors (Lipinski definition) is 1. The van der Waals surface area contributed by atoms with Crippen LogP contribution in [0.1, 0.15) is 38.2 Å². The fraction of sp³-hybridized carbons (Fsp3) is 0.467. The number of nitrogens with one attached hydrogen (secondary N) is 1. The van der Waals surface area contributed by atoms with E-state index < -0.39 is 0 Å². The van der Waals surface area contributed by atoms with Crippen molar-refractivity contribution in [2.75, 3.05) is 0 Å².